The molecule has 2 nitrogen and oxygen atoms in total. The van der Waals surface area contributed by atoms with E-state index in [0.717, 1.165) is 37.7 Å². The maximum absolute atomic E-state index is 10.9. The number of hydrogen-bond donors (Lipinski definition) is 2. The van der Waals surface area contributed by atoms with Crippen molar-refractivity contribution < 1.29 is 10.2 Å². The number of aromatic hydroxyl groups is 2. The highest BCUT2D eigenvalue weighted by Gasteiger charge is 2.55. The van der Waals surface area contributed by atoms with Crippen LogP contribution in [0.2, 0.25) is 0 Å². The van der Waals surface area contributed by atoms with E-state index in [1.807, 2.05) is 12.1 Å². The second kappa shape index (κ2) is 6.93. The fraction of sp³-hybridized carbons (Fsp3) is 0.600. The van der Waals surface area contributed by atoms with E-state index >= 15 is 0 Å². The minimum absolute atomic E-state index is 0.0952. The Bertz CT molecular complexity index is 768. The molecule has 0 aromatic heterocycles. The molecule has 2 heteroatoms. The summed E-state index contributed by atoms with van der Waals surface area (Å²) in [6, 6.07) is 3.74. The van der Waals surface area contributed by atoms with Gasteiger partial charge in [0.2, 0.25) is 0 Å². The van der Waals surface area contributed by atoms with Crippen LogP contribution in [0.3, 0.4) is 0 Å². The predicted octanol–water partition coefficient (Wildman–Crippen LogP) is 6.27. The summed E-state index contributed by atoms with van der Waals surface area (Å²) >= 11 is 0. The largest absolute Gasteiger partial charge is 0.507 e. The number of unbranched alkanes of at least 4 members (excludes halogenated alkanes) is 2. The number of rotatable bonds is 6. The molecule has 0 aliphatic heterocycles. The summed E-state index contributed by atoms with van der Waals surface area (Å²) < 4.78 is 0. The predicted molar refractivity (Wildman–Crippen MR) is 112 cm³/mol. The highest BCUT2D eigenvalue weighted by atomic mass is 16.3. The first kappa shape index (κ1) is 19.9. The third-order valence-electron chi connectivity index (χ3n) is 7.39. The Balaban J connectivity index is 1.88. The lowest BCUT2D eigenvalue weighted by atomic mass is 9.45. The molecule has 1 saturated carbocycles. The Labute approximate surface area is 164 Å². The number of allylic oxidation sites excluding steroid dienone is 2. The Morgan fingerprint density at radius 2 is 1.81 bits per heavy atom. The maximum atomic E-state index is 10.9. The highest BCUT2D eigenvalue weighted by Crippen LogP contribution is 2.64. The van der Waals surface area contributed by atoms with Gasteiger partial charge in [-0.1, -0.05) is 45.8 Å². The molecule has 0 spiro atoms. The molecule has 3 aliphatic rings. The topological polar surface area (TPSA) is 40.5 Å². The van der Waals surface area contributed by atoms with Crippen LogP contribution in [0.15, 0.2) is 23.8 Å². The summed E-state index contributed by atoms with van der Waals surface area (Å²) in [5.41, 5.74) is 3.21. The van der Waals surface area contributed by atoms with E-state index < -0.39 is 0 Å². The first-order valence-corrected chi connectivity index (χ1v) is 10.3. The standard InChI is InChI=1S/C25H34O2/c1-7-8-9-10-11-24(3,4)17-13-21(26)23(22(27)14-17)18-12-16(2)19-15-20(18)25(19,5)6/h1,12-14,18-20,26-27H,8-11,15H2,2-6H3. The van der Waals surface area contributed by atoms with Crippen molar-refractivity contribution >= 4 is 0 Å². The van der Waals surface area contributed by atoms with Crippen molar-refractivity contribution in [1.82, 2.24) is 0 Å². The molecule has 146 valence electrons. The molecule has 3 aliphatic carbocycles. The quantitative estimate of drug-likeness (QED) is 0.353. The van der Waals surface area contributed by atoms with Crippen molar-refractivity contribution in [3.05, 3.63) is 34.9 Å². The highest BCUT2D eigenvalue weighted by molar-refractivity contribution is 5.53. The van der Waals surface area contributed by atoms with Crippen molar-refractivity contribution in [2.75, 3.05) is 0 Å². The fourth-order valence-corrected chi connectivity index (χ4v) is 5.44. The van der Waals surface area contributed by atoms with E-state index in [1.54, 1.807) is 0 Å². The first-order valence-electron chi connectivity index (χ1n) is 10.3. The van der Waals surface area contributed by atoms with Gasteiger partial charge in [0.05, 0.1) is 0 Å². The van der Waals surface area contributed by atoms with Crippen LogP contribution in [0.5, 0.6) is 11.5 Å². The lowest BCUT2D eigenvalue weighted by Crippen LogP contribution is -2.50. The molecule has 3 atom stereocenters. The minimum Gasteiger partial charge on any atom is -0.507 e. The van der Waals surface area contributed by atoms with Crippen molar-refractivity contribution in [3.8, 4) is 23.8 Å². The summed E-state index contributed by atoms with van der Waals surface area (Å²) in [4.78, 5) is 0. The molecule has 2 N–H and O–H groups in total. The van der Waals surface area contributed by atoms with E-state index in [9.17, 15) is 10.2 Å². The molecule has 3 unspecified atom stereocenters. The summed E-state index contributed by atoms with van der Waals surface area (Å²) in [6.07, 6.45) is 12.6. The maximum Gasteiger partial charge on any atom is 0.123 e. The van der Waals surface area contributed by atoms with E-state index in [0.29, 0.717) is 17.4 Å². The molecule has 1 aromatic rings. The third kappa shape index (κ3) is 3.38. The van der Waals surface area contributed by atoms with Crippen LogP contribution in [-0.2, 0) is 5.41 Å². The van der Waals surface area contributed by atoms with Crippen LogP contribution < -0.4 is 0 Å². The van der Waals surface area contributed by atoms with Gasteiger partial charge < -0.3 is 10.2 Å². The number of phenolic OH excluding ortho intramolecular Hbond substituents is 2. The molecule has 4 rings (SSSR count). The fourth-order valence-electron chi connectivity index (χ4n) is 5.44. The Hall–Kier alpha value is -1.88. The minimum atomic E-state index is -0.110. The molecular weight excluding hydrogens is 332 g/mol. The van der Waals surface area contributed by atoms with Gasteiger partial charge in [-0.2, -0.15) is 0 Å². The monoisotopic (exact) mass is 366 g/mol. The molecule has 0 heterocycles. The molecule has 0 saturated heterocycles. The van der Waals surface area contributed by atoms with E-state index in [-0.39, 0.29) is 28.2 Å². The van der Waals surface area contributed by atoms with Crippen LogP contribution >= 0.6 is 0 Å². The summed E-state index contributed by atoms with van der Waals surface area (Å²) in [5.74, 6) is 4.37. The van der Waals surface area contributed by atoms with Gasteiger partial charge in [-0.05, 0) is 66.5 Å². The van der Waals surface area contributed by atoms with Gasteiger partial charge in [0.1, 0.15) is 11.5 Å². The van der Waals surface area contributed by atoms with Gasteiger partial charge in [0, 0.05) is 17.9 Å². The Morgan fingerprint density at radius 1 is 1.19 bits per heavy atom. The summed E-state index contributed by atoms with van der Waals surface area (Å²) in [7, 11) is 0. The zero-order chi connectivity index (χ0) is 20.0. The number of terminal acetylenes is 1. The molecule has 27 heavy (non-hydrogen) atoms. The zero-order valence-electron chi connectivity index (χ0n) is 17.5. The number of phenols is 2. The summed E-state index contributed by atoms with van der Waals surface area (Å²) in [5, 5.41) is 21.7. The van der Waals surface area contributed by atoms with Gasteiger partial charge in [-0.3, -0.25) is 0 Å². The Kier molecular flexibility index (Phi) is 5.10. The molecule has 1 fully saturated rings. The SMILES string of the molecule is C#CCCCCC(C)(C)c1cc(O)c(C2C=C(C)C3CC2C3(C)C)c(O)c1. The number of fused-ring (bicyclic) bond motifs is 1. The summed E-state index contributed by atoms with van der Waals surface area (Å²) in [6.45, 7) is 11.2. The van der Waals surface area contributed by atoms with Crippen molar-refractivity contribution in [2.24, 2.45) is 17.3 Å². The number of benzene rings is 1. The van der Waals surface area contributed by atoms with Crippen LogP contribution in [0.4, 0.5) is 0 Å². The van der Waals surface area contributed by atoms with Gasteiger partial charge in [-0.15, -0.1) is 12.3 Å². The van der Waals surface area contributed by atoms with Gasteiger partial charge in [0.25, 0.3) is 0 Å². The first-order chi connectivity index (χ1) is 12.6. The van der Waals surface area contributed by atoms with Gasteiger partial charge in [0.15, 0.2) is 0 Å². The van der Waals surface area contributed by atoms with Gasteiger partial charge >= 0.3 is 0 Å². The van der Waals surface area contributed by atoms with E-state index in [2.05, 4.69) is 46.6 Å². The average molecular weight is 367 g/mol. The molecule has 2 bridgehead atoms. The molecule has 0 amide bonds. The lowest BCUT2D eigenvalue weighted by molar-refractivity contribution is -0.0198. The van der Waals surface area contributed by atoms with E-state index in [1.165, 1.54) is 5.57 Å². The average Bonchev–Trinajstić information content (AvgIpc) is 2.57. The smallest absolute Gasteiger partial charge is 0.123 e. The van der Waals surface area contributed by atoms with E-state index in [4.69, 9.17) is 6.42 Å². The second-order valence-electron chi connectivity index (χ2n) is 9.88. The van der Waals surface area contributed by atoms with Crippen molar-refractivity contribution in [2.45, 2.75) is 78.1 Å². The van der Waals surface area contributed by atoms with Crippen molar-refractivity contribution in [3.63, 3.8) is 0 Å². The van der Waals surface area contributed by atoms with Crippen LogP contribution in [0.1, 0.15) is 83.8 Å². The van der Waals surface area contributed by atoms with Crippen LogP contribution in [-0.4, -0.2) is 10.2 Å². The molecule has 1 aromatic carbocycles. The van der Waals surface area contributed by atoms with Crippen molar-refractivity contribution in [1.29, 1.82) is 0 Å². The molecular formula is C25H34O2. The molecule has 0 radical (unpaired) electrons. The Morgan fingerprint density at radius 3 is 2.33 bits per heavy atom. The van der Waals surface area contributed by atoms with Crippen LogP contribution in [0, 0.1) is 29.6 Å². The second-order valence-corrected chi connectivity index (χ2v) is 9.88. The number of hydrogen-bond acceptors (Lipinski definition) is 2. The zero-order valence-corrected chi connectivity index (χ0v) is 17.5. The lowest BCUT2D eigenvalue weighted by Gasteiger charge is -2.59. The normalized spacial score (nSPS) is 26.1. The van der Waals surface area contributed by atoms with Gasteiger partial charge in [-0.25, -0.2) is 0 Å². The van der Waals surface area contributed by atoms with Crippen LogP contribution in [0.25, 0.3) is 0 Å². The third-order valence-corrected chi connectivity index (χ3v) is 7.39.